The van der Waals surface area contributed by atoms with Crippen molar-refractivity contribution in [1.82, 2.24) is 10.1 Å². The first-order chi connectivity index (χ1) is 9.36. The van der Waals surface area contributed by atoms with Gasteiger partial charge in [0.25, 0.3) is 5.89 Å². The second-order valence-corrected chi connectivity index (χ2v) is 5.02. The number of rotatable bonds is 3. The van der Waals surface area contributed by atoms with Gasteiger partial charge in [0, 0.05) is 11.5 Å². The molecule has 0 N–H and O–H groups in total. The maximum absolute atomic E-state index is 5.38. The Morgan fingerprint density at radius 2 is 1.84 bits per heavy atom. The molecule has 1 saturated carbocycles. The fourth-order valence-electron chi connectivity index (χ4n) is 2.61. The number of nitrogens with zero attached hydrogens (tertiary/aromatic N) is 2. The van der Waals surface area contributed by atoms with Crippen molar-refractivity contribution in [2.24, 2.45) is 0 Å². The Labute approximate surface area is 112 Å². The van der Waals surface area contributed by atoms with Crippen LogP contribution in [0.25, 0.3) is 11.5 Å². The van der Waals surface area contributed by atoms with Crippen molar-refractivity contribution < 1.29 is 9.26 Å². The van der Waals surface area contributed by atoms with Gasteiger partial charge in [0.05, 0.1) is 7.11 Å². The molecule has 1 fully saturated rings. The van der Waals surface area contributed by atoms with Crippen LogP contribution in [0.1, 0.15) is 43.8 Å². The Morgan fingerprint density at radius 1 is 1.11 bits per heavy atom. The fraction of sp³-hybridized carbons (Fsp3) is 0.467. The van der Waals surface area contributed by atoms with Crippen molar-refractivity contribution >= 4 is 0 Å². The summed E-state index contributed by atoms with van der Waals surface area (Å²) in [6.07, 6.45) is 6.25. The highest BCUT2D eigenvalue weighted by atomic mass is 16.5. The average Bonchev–Trinajstić information content (AvgIpc) is 2.98. The van der Waals surface area contributed by atoms with E-state index < -0.39 is 0 Å². The van der Waals surface area contributed by atoms with E-state index in [1.807, 2.05) is 24.3 Å². The van der Waals surface area contributed by atoms with Crippen molar-refractivity contribution in [1.29, 1.82) is 0 Å². The summed E-state index contributed by atoms with van der Waals surface area (Å²) in [5, 5.41) is 4.14. The molecule has 0 spiro atoms. The summed E-state index contributed by atoms with van der Waals surface area (Å²) >= 11 is 0. The van der Waals surface area contributed by atoms with Crippen LogP contribution in [0.3, 0.4) is 0 Å². The molecule has 0 saturated heterocycles. The Hall–Kier alpha value is -1.84. The van der Waals surface area contributed by atoms with Gasteiger partial charge in [0.2, 0.25) is 0 Å². The van der Waals surface area contributed by atoms with E-state index in [4.69, 9.17) is 9.26 Å². The van der Waals surface area contributed by atoms with Crippen LogP contribution < -0.4 is 4.74 Å². The molecule has 1 aromatic carbocycles. The lowest BCUT2D eigenvalue weighted by Crippen LogP contribution is -2.06. The normalized spacial score (nSPS) is 16.5. The first-order valence-corrected chi connectivity index (χ1v) is 6.85. The number of benzene rings is 1. The molecule has 1 aliphatic carbocycles. The van der Waals surface area contributed by atoms with Gasteiger partial charge in [-0.25, -0.2) is 0 Å². The number of aromatic nitrogens is 2. The third-order valence-corrected chi connectivity index (χ3v) is 3.75. The summed E-state index contributed by atoms with van der Waals surface area (Å²) in [4.78, 5) is 4.54. The maximum Gasteiger partial charge on any atom is 0.257 e. The van der Waals surface area contributed by atoms with Gasteiger partial charge in [-0.05, 0) is 37.1 Å². The standard InChI is InChI=1S/C15H18N2O2/c1-18-13-9-7-12(8-10-13)15-16-14(17-19-15)11-5-3-2-4-6-11/h7-11H,2-6H2,1H3. The van der Waals surface area contributed by atoms with E-state index in [-0.39, 0.29) is 0 Å². The molecule has 0 bridgehead atoms. The molecule has 3 rings (SSSR count). The molecule has 0 atom stereocenters. The van der Waals surface area contributed by atoms with Crippen LogP contribution in [-0.4, -0.2) is 17.3 Å². The minimum atomic E-state index is 0.476. The van der Waals surface area contributed by atoms with Crippen LogP contribution in [0.4, 0.5) is 0 Å². The molecule has 100 valence electrons. The quantitative estimate of drug-likeness (QED) is 0.840. The van der Waals surface area contributed by atoms with Gasteiger partial charge >= 0.3 is 0 Å². The van der Waals surface area contributed by atoms with Crippen molar-refractivity contribution in [3.05, 3.63) is 30.1 Å². The molecule has 0 radical (unpaired) electrons. The predicted molar refractivity (Wildman–Crippen MR) is 72.1 cm³/mol. The van der Waals surface area contributed by atoms with Crippen LogP contribution in [0.2, 0.25) is 0 Å². The molecule has 0 aliphatic heterocycles. The van der Waals surface area contributed by atoms with Crippen LogP contribution in [-0.2, 0) is 0 Å². The summed E-state index contributed by atoms with van der Waals surface area (Å²) in [7, 11) is 1.66. The highest BCUT2D eigenvalue weighted by Gasteiger charge is 2.21. The fourth-order valence-corrected chi connectivity index (χ4v) is 2.61. The number of hydrogen-bond donors (Lipinski definition) is 0. The molecule has 1 aromatic heterocycles. The molecule has 1 heterocycles. The van der Waals surface area contributed by atoms with E-state index in [1.165, 1.54) is 32.1 Å². The average molecular weight is 258 g/mol. The molecule has 0 amide bonds. The van der Waals surface area contributed by atoms with E-state index >= 15 is 0 Å². The SMILES string of the molecule is COc1ccc(-c2nc(C3CCCCC3)no2)cc1. The van der Waals surface area contributed by atoms with E-state index in [9.17, 15) is 0 Å². The van der Waals surface area contributed by atoms with Gasteiger partial charge < -0.3 is 9.26 Å². The lowest BCUT2D eigenvalue weighted by molar-refractivity contribution is 0.385. The van der Waals surface area contributed by atoms with Gasteiger partial charge in [-0.1, -0.05) is 24.4 Å². The summed E-state index contributed by atoms with van der Waals surface area (Å²) in [5.41, 5.74) is 0.940. The van der Waals surface area contributed by atoms with Crippen LogP contribution in [0.5, 0.6) is 5.75 Å². The Balaban J connectivity index is 1.79. The minimum absolute atomic E-state index is 0.476. The van der Waals surface area contributed by atoms with E-state index in [2.05, 4.69) is 10.1 Å². The number of hydrogen-bond acceptors (Lipinski definition) is 4. The first-order valence-electron chi connectivity index (χ1n) is 6.85. The summed E-state index contributed by atoms with van der Waals surface area (Å²) in [5.74, 6) is 2.77. The van der Waals surface area contributed by atoms with Gasteiger partial charge in [-0.2, -0.15) is 4.98 Å². The van der Waals surface area contributed by atoms with Crippen LogP contribution in [0.15, 0.2) is 28.8 Å². The lowest BCUT2D eigenvalue weighted by atomic mass is 9.89. The maximum atomic E-state index is 5.38. The van der Waals surface area contributed by atoms with Crippen molar-refractivity contribution in [2.45, 2.75) is 38.0 Å². The van der Waals surface area contributed by atoms with Crippen LogP contribution in [0, 0.1) is 0 Å². The zero-order valence-corrected chi connectivity index (χ0v) is 11.1. The van der Waals surface area contributed by atoms with Gasteiger partial charge in [0.15, 0.2) is 5.82 Å². The van der Waals surface area contributed by atoms with E-state index in [1.54, 1.807) is 7.11 Å². The second kappa shape index (κ2) is 5.43. The molecule has 0 unspecified atom stereocenters. The van der Waals surface area contributed by atoms with Crippen LogP contribution >= 0.6 is 0 Å². The molecule has 4 nitrogen and oxygen atoms in total. The third kappa shape index (κ3) is 2.62. The zero-order valence-electron chi connectivity index (χ0n) is 11.1. The van der Waals surface area contributed by atoms with E-state index in [0.717, 1.165) is 17.1 Å². The van der Waals surface area contributed by atoms with Crippen molar-refractivity contribution in [3.63, 3.8) is 0 Å². The molecule has 1 aliphatic rings. The molecule has 19 heavy (non-hydrogen) atoms. The number of ether oxygens (including phenoxy) is 1. The first kappa shape index (κ1) is 12.2. The number of methoxy groups -OCH3 is 1. The zero-order chi connectivity index (χ0) is 13.1. The van der Waals surface area contributed by atoms with Gasteiger partial charge in [-0.15, -0.1) is 0 Å². The predicted octanol–water partition coefficient (Wildman–Crippen LogP) is 3.79. The van der Waals surface area contributed by atoms with Crippen molar-refractivity contribution in [2.75, 3.05) is 7.11 Å². The van der Waals surface area contributed by atoms with Gasteiger partial charge in [-0.3, -0.25) is 0 Å². The monoisotopic (exact) mass is 258 g/mol. The Kier molecular flexibility index (Phi) is 3.49. The highest BCUT2D eigenvalue weighted by Crippen LogP contribution is 2.32. The molecular formula is C15H18N2O2. The van der Waals surface area contributed by atoms with Crippen molar-refractivity contribution in [3.8, 4) is 17.2 Å². The summed E-state index contributed by atoms with van der Waals surface area (Å²) < 4.78 is 10.5. The topological polar surface area (TPSA) is 48.2 Å². The minimum Gasteiger partial charge on any atom is -0.497 e. The second-order valence-electron chi connectivity index (χ2n) is 5.02. The Bertz CT molecular complexity index is 527. The van der Waals surface area contributed by atoms with Gasteiger partial charge in [0.1, 0.15) is 5.75 Å². The Morgan fingerprint density at radius 3 is 2.53 bits per heavy atom. The highest BCUT2D eigenvalue weighted by molar-refractivity contribution is 5.54. The molecule has 2 aromatic rings. The molecular weight excluding hydrogens is 240 g/mol. The summed E-state index contributed by atoms with van der Waals surface area (Å²) in [6.45, 7) is 0. The summed E-state index contributed by atoms with van der Waals surface area (Å²) in [6, 6.07) is 7.69. The lowest BCUT2D eigenvalue weighted by Gasteiger charge is -2.17. The smallest absolute Gasteiger partial charge is 0.257 e. The third-order valence-electron chi connectivity index (χ3n) is 3.75. The van der Waals surface area contributed by atoms with E-state index in [0.29, 0.717) is 11.8 Å². The largest absolute Gasteiger partial charge is 0.497 e. The molecule has 4 heteroatoms.